The van der Waals surface area contributed by atoms with E-state index in [-0.39, 0.29) is 28.7 Å². The van der Waals surface area contributed by atoms with E-state index in [4.69, 9.17) is 0 Å². The average molecular weight is 410 g/mol. The van der Waals surface area contributed by atoms with Gasteiger partial charge in [-0.25, -0.2) is 13.1 Å². The maximum Gasteiger partial charge on any atom is 0.293 e. The summed E-state index contributed by atoms with van der Waals surface area (Å²) in [6.45, 7) is 1.42. The Kier molecular flexibility index (Phi) is 6.19. The zero-order chi connectivity index (χ0) is 20.3. The van der Waals surface area contributed by atoms with Crippen molar-refractivity contribution in [3.05, 3.63) is 28.3 Å². The van der Waals surface area contributed by atoms with Crippen molar-refractivity contribution in [3.8, 4) is 0 Å². The van der Waals surface area contributed by atoms with Crippen molar-refractivity contribution >= 4 is 27.3 Å². The molecule has 1 aliphatic carbocycles. The molecule has 10 heteroatoms. The van der Waals surface area contributed by atoms with Gasteiger partial charge in [-0.3, -0.25) is 14.9 Å². The van der Waals surface area contributed by atoms with Crippen molar-refractivity contribution in [2.75, 3.05) is 32.0 Å². The summed E-state index contributed by atoms with van der Waals surface area (Å²) < 4.78 is 25.8. The summed E-state index contributed by atoms with van der Waals surface area (Å²) in [6.07, 6.45) is 5.93. The van der Waals surface area contributed by atoms with E-state index in [0.29, 0.717) is 11.8 Å². The molecule has 2 fully saturated rings. The molecule has 1 aromatic rings. The first-order valence-corrected chi connectivity index (χ1v) is 11.0. The zero-order valence-electron chi connectivity index (χ0n) is 15.9. The van der Waals surface area contributed by atoms with Crippen LogP contribution in [-0.2, 0) is 14.8 Å². The van der Waals surface area contributed by atoms with Crippen molar-refractivity contribution in [2.24, 2.45) is 11.8 Å². The second kappa shape index (κ2) is 8.44. The highest BCUT2D eigenvalue weighted by Gasteiger charge is 2.33. The van der Waals surface area contributed by atoms with Crippen LogP contribution in [0.3, 0.4) is 0 Å². The lowest BCUT2D eigenvalue weighted by Crippen LogP contribution is -2.46. The molecule has 0 radical (unpaired) electrons. The fraction of sp³-hybridized carbons (Fsp3) is 0.611. The first kappa shape index (κ1) is 20.5. The molecule has 0 spiro atoms. The molecule has 9 nitrogen and oxygen atoms in total. The Balaban J connectivity index is 1.66. The summed E-state index contributed by atoms with van der Waals surface area (Å²) in [5.74, 6) is 1.19. The molecule has 2 aliphatic rings. The molecule has 154 valence electrons. The molecular weight excluding hydrogens is 384 g/mol. The zero-order valence-corrected chi connectivity index (χ0v) is 16.7. The van der Waals surface area contributed by atoms with Gasteiger partial charge in [-0.2, -0.15) is 0 Å². The number of nitro benzene ring substituents is 1. The number of hydrogen-bond acceptors (Lipinski definition) is 6. The van der Waals surface area contributed by atoms with Crippen LogP contribution in [-0.4, -0.2) is 50.8 Å². The third-order valence-corrected chi connectivity index (χ3v) is 7.23. The van der Waals surface area contributed by atoms with E-state index in [2.05, 4.69) is 10.0 Å². The fourth-order valence-electron chi connectivity index (χ4n) is 4.21. The lowest BCUT2D eigenvalue weighted by molar-refractivity contribution is -0.384. The number of anilines is 1. The number of amides is 1. The molecule has 1 amide bonds. The Morgan fingerprint density at radius 1 is 1.25 bits per heavy atom. The number of likely N-dealkylation sites (tertiary alicyclic amines) is 1. The topological polar surface area (TPSA) is 122 Å². The smallest absolute Gasteiger partial charge is 0.293 e. The number of nitrogens with one attached hydrogen (secondary N) is 2. The fourth-order valence-corrected chi connectivity index (χ4v) is 4.96. The first-order chi connectivity index (χ1) is 13.3. The number of carbonyl (C=O) groups excluding carboxylic acids is 1. The van der Waals surface area contributed by atoms with Gasteiger partial charge in [-0.15, -0.1) is 0 Å². The largest absolute Gasteiger partial charge is 0.371 e. The van der Waals surface area contributed by atoms with E-state index in [9.17, 15) is 23.3 Å². The molecule has 1 heterocycles. The van der Waals surface area contributed by atoms with Crippen LogP contribution in [0.2, 0.25) is 0 Å². The van der Waals surface area contributed by atoms with Crippen molar-refractivity contribution < 1.29 is 18.1 Å². The summed E-state index contributed by atoms with van der Waals surface area (Å²) in [5.41, 5.74) is -0.254. The third-order valence-electron chi connectivity index (χ3n) is 5.82. The number of hydrogen-bond donors (Lipinski definition) is 2. The highest BCUT2D eigenvalue weighted by molar-refractivity contribution is 7.89. The number of nitrogens with zero attached hydrogens (tertiary/aromatic N) is 2. The van der Waals surface area contributed by atoms with Gasteiger partial charge < -0.3 is 10.2 Å². The Bertz CT molecular complexity index is 858. The van der Waals surface area contributed by atoms with Crippen LogP contribution < -0.4 is 10.0 Å². The number of rotatable bonds is 6. The van der Waals surface area contributed by atoms with Gasteiger partial charge in [0.05, 0.1) is 16.4 Å². The second-order valence-electron chi connectivity index (χ2n) is 7.43. The molecule has 28 heavy (non-hydrogen) atoms. The van der Waals surface area contributed by atoms with Gasteiger partial charge in [0.1, 0.15) is 5.69 Å². The minimum atomic E-state index is -3.79. The van der Waals surface area contributed by atoms with E-state index < -0.39 is 14.9 Å². The molecule has 0 unspecified atom stereocenters. The maximum absolute atomic E-state index is 12.6. The summed E-state index contributed by atoms with van der Waals surface area (Å²) in [6, 6.07) is 3.59. The van der Waals surface area contributed by atoms with E-state index in [1.165, 1.54) is 38.4 Å². The molecule has 0 aromatic heterocycles. The van der Waals surface area contributed by atoms with Gasteiger partial charge in [-0.05, 0) is 43.9 Å². The van der Waals surface area contributed by atoms with Crippen LogP contribution in [0.4, 0.5) is 11.4 Å². The normalized spacial score (nSPS) is 22.4. The number of benzene rings is 1. The average Bonchev–Trinajstić information content (AvgIpc) is 2.71. The van der Waals surface area contributed by atoms with Gasteiger partial charge in [0.25, 0.3) is 5.69 Å². The third kappa shape index (κ3) is 4.44. The van der Waals surface area contributed by atoms with Crippen LogP contribution in [0, 0.1) is 22.0 Å². The number of sulfonamides is 1. The van der Waals surface area contributed by atoms with Gasteiger partial charge in [0.15, 0.2) is 0 Å². The van der Waals surface area contributed by atoms with Crippen LogP contribution in [0.5, 0.6) is 0 Å². The Morgan fingerprint density at radius 2 is 1.96 bits per heavy atom. The van der Waals surface area contributed by atoms with Crippen molar-refractivity contribution in [1.82, 2.24) is 9.62 Å². The highest BCUT2D eigenvalue weighted by atomic mass is 32.2. The van der Waals surface area contributed by atoms with Gasteiger partial charge in [-0.1, -0.05) is 19.3 Å². The number of carbonyl (C=O) groups is 1. The highest BCUT2D eigenvalue weighted by Crippen LogP contribution is 2.36. The summed E-state index contributed by atoms with van der Waals surface area (Å²) >= 11 is 0. The molecule has 0 bridgehead atoms. The van der Waals surface area contributed by atoms with Crippen molar-refractivity contribution in [2.45, 2.75) is 37.0 Å². The number of piperidine rings is 1. The summed E-state index contributed by atoms with van der Waals surface area (Å²) in [7, 11) is -2.55. The minimum absolute atomic E-state index is 0.0592. The van der Waals surface area contributed by atoms with E-state index in [1.807, 2.05) is 4.90 Å². The number of nitro groups is 1. The molecule has 1 saturated heterocycles. The first-order valence-electron chi connectivity index (χ1n) is 9.55. The van der Waals surface area contributed by atoms with Crippen LogP contribution in [0.25, 0.3) is 0 Å². The molecule has 2 atom stereocenters. The van der Waals surface area contributed by atoms with Crippen LogP contribution >= 0.6 is 0 Å². The second-order valence-corrected chi connectivity index (χ2v) is 9.32. The molecule has 2 N–H and O–H groups in total. The summed E-state index contributed by atoms with van der Waals surface area (Å²) in [5, 5.41) is 14.2. The van der Waals surface area contributed by atoms with Crippen molar-refractivity contribution in [3.63, 3.8) is 0 Å². The van der Waals surface area contributed by atoms with Gasteiger partial charge in [0, 0.05) is 19.2 Å². The van der Waals surface area contributed by atoms with Gasteiger partial charge >= 0.3 is 0 Å². The standard InChI is InChI=1S/C18H26N4O5S/c1-19-28(26,27)15-6-7-16(17(10-15)22(24)25)20-11-18(23)21-9-8-13-4-2-3-5-14(13)12-21/h6-7,10,13-14,19-20H,2-5,8-9,11-12H2,1H3/t13-,14-/m0/s1. The van der Waals surface area contributed by atoms with E-state index in [1.54, 1.807) is 0 Å². The SMILES string of the molecule is CNS(=O)(=O)c1ccc(NCC(=O)N2CC[C@@H]3CCCC[C@H]3C2)c([N+](=O)[O-])c1. The Morgan fingerprint density at radius 3 is 2.64 bits per heavy atom. The van der Waals surface area contributed by atoms with Crippen LogP contribution in [0.15, 0.2) is 23.1 Å². The van der Waals surface area contributed by atoms with Crippen LogP contribution in [0.1, 0.15) is 32.1 Å². The molecular formula is C18H26N4O5S. The lowest BCUT2D eigenvalue weighted by Gasteiger charge is -2.41. The number of fused-ring (bicyclic) bond motifs is 1. The molecule has 1 aromatic carbocycles. The Labute approximate surface area is 164 Å². The maximum atomic E-state index is 12.6. The van der Waals surface area contributed by atoms with Gasteiger partial charge in [0.2, 0.25) is 15.9 Å². The molecule has 1 aliphatic heterocycles. The molecule has 3 rings (SSSR count). The predicted molar refractivity (Wildman–Crippen MR) is 104 cm³/mol. The monoisotopic (exact) mass is 410 g/mol. The van der Waals surface area contributed by atoms with E-state index >= 15 is 0 Å². The lowest BCUT2D eigenvalue weighted by atomic mass is 9.75. The molecule has 1 saturated carbocycles. The van der Waals surface area contributed by atoms with Crippen molar-refractivity contribution in [1.29, 1.82) is 0 Å². The quantitative estimate of drug-likeness (QED) is 0.546. The predicted octanol–water partition coefficient (Wildman–Crippen LogP) is 1.95. The summed E-state index contributed by atoms with van der Waals surface area (Å²) in [4.78, 5) is 24.9. The van der Waals surface area contributed by atoms with E-state index in [0.717, 1.165) is 32.0 Å². The minimum Gasteiger partial charge on any atom is -0.371 e. The Hall–Kier alpha value is -2.20.